The van der Waals surface area contributed by atoms with Crippen molar-refractivity contribution in [3.63, 3.8) is 0 Å². The predicted octanol–water partition coefficient (Wildman–Crippen LogP) is 2.99. The fourth-order valence-electron chi connectivity index (χ4n) is 2.11. The van der Waals surface area contributed by atoms with Gasteiger partial charge >= 0.3 is 12.1 Å². The summed E-state index contributed by atoms with van der Waals surface area (Å²) in [6.45, 7) is 4.50. The van der Waals surface area contributed by atoms with Gasteiger partial charge in [0, 0.05) is 16.6 Å². The number of nitrogens with one attached hydrogen (secondary N) is 2. The molecule has 1 aromatic carbocycles. The van der Waals surface area contributed by atoms with E-state index in [2.05, 4.69) is 15.6 Å². The molecule has 156 valence electrons. The van der Waals surface area contributed by atoms with Crippen LogP contribution >= 0.6 is 22.9 Å². The molecule has 2 rings (SSSR count). The van der Waals surface area contributed by atoms with E-state index in [1.807, 2.05) is 0 Å². The van der Waals surface area contributed by atoms with Crippen molar-refractivity contribution in [1.82, 2.24) is 10.3 Å². The molecule has 0 saturated carbocycles. The number of carbonyl (C=O) groups is 3. The number of aliphatic carboxylic acids is 1. The van der Waals surface area contributed by atoms with Crippen molar-refractivity contribution in [2.75, 3.05) is 11.9 Å². The van der Waals surface area contributed by atoms with E-state index in [1.165, 1.54) is 11.4 Å². The standard InChI is InChI=1S/C18H20ClN3O6S/c1-18(2,3)28-17(27)20-9-4-5-10(11(19)6-9)15-22-13(8-29-15)14(24)21-12(7-23)16(25)26/h4-6,8,12,23H,7H2,1-3H3,(H,20,27)(H,21,24)(H,25,26). The van der Waals surface area contributed by atoms with Crippen molar-refractivity contribution in [3.8, 4) is 10.6 Å². The number of carbonyl (C=O) groups excluding carboxylic acids is 2. The number of anilines is 1. The summed E-state index contributed by atoms with van der Waals surface area (Å²) in [7, 11) is 0. The lowest BCUT2D eigenvalue weighted by Crippen LogP contribution is -2.43. The summed E-state index contributed by atoms with van der Waals surface area (Å²) in [5.41, 5.74) is 0.315. The van der Waals surface area contributed by atoms with Gasteiger partial charge in [0.25, 0.3) is 5.91 Å². The fourth-order valence-corrected chi connectivity index (χ4v) is 3.27. The number of nitrogens with zero attached hydrogens (tertiary/aromatic N) is 1. The van der Waals surface area contributed by atoms with Gasteiger partial charge in [-0.25, -0.2) is 14.6 Å². The summed E-state index contributed by atoms with van der Waals surface area (Å²) in [6.07, 6.45) is -0.619. The number of hydrogen-bond donors (Lipinski definition) is 4. The van der Waals surface area contributed by atoms with Crippen LogP contribution in [0.2, 0.25) is 5.02 Å². The minimum absolute atomic E-state index is 0.00303. The number of halogens is 1. The second-order valence-electron chi connectivity index (χ2n) is 6.91. The lowest BCUT2D eigenvalue weighted by molar-refractivity contribution is -0.140. The summed E-state index contributed by atoms with van der Waals surface area (Å²) >= 11 is 7.42. The van der Waals surface area contributed by atoms with Crippen LogP contribution < -0.4 is 10.6 Å². The van der Waals surface area contributed by atoms with Crippen molar-refractivity contribution in [2.24, 2.45) is 0 Å². The molecule has 2 amide bonds. The molecule has 0 aliphatic carbocycles. The largest absolute Gasteiger partial charge is 0.480 e. The van der Waals surface area contributed by atoms with Gasteiger partial charge in [0.1, 0.15) is 16.3 Å². The molecule has 11 heteroatoms. The molecule has 4 N–H and O–H groups in total. The second-order valence-corrected chi connectivity index (χ2v) is 8.17. The minimum Gasteiger partial charge on any atom is -0.480 e. The molecule has 1 unspecified atom stereocenters. The minimum atomic E-state index is -1.42. The van der Waals surface area contributed by atoms with Crippen LogP contribution in [0.4, 0.5) is 10.5 Å². The lowest BCUT2D eigenvalue weighted by Gasteiger charge is -2.19. The third-order valence-corrected chi connectivity index (χ3v) is 4.56. The number of thiazole rings is 1. The number of aliphatic hydroxyl groups excluding tert-OH is 1. The fraction of sp³-hybridized carbons (Fsp3) is 0.333. The van der Waals surface area contributed by atoms with Crippen molar-refractivity contribution >= 4 is 46.6 Å². The zero-order valence-electron chi connectivity index (χ0n) is 15.9. The van der Waals surface area contributed by atoms with E-state index in [0.717, 1.165) is 11.3 Å². The summed E-state index contributed by atoms with van der Waals surface area (Å²) in [5, 5.41) is 24.8. The van der Waals surface area contributed by atoms with Gasteiger partial charge < -0.3 is 20.3 Å². The zero-order valence-corrected chi connectivity index (χ0v) is 17.4. The molecule has 29 heavy (non-hydrogen) atoms. The van der Waals surface area contributed by atoms with Gasteiger partial charge in [-0.3, -0.25) is 10.1 Å². The molecular weight excluding hydrogens is 422 g/mol. The monoisotopic (exact) mass is 441 g/mol. The number of benzene rings is 1. The van der Waals surface area contributed by atoms with Crippen LogP contribution in [0.15, 0.2) is 23.6 Å². The number of hydrogen-bond acceptors (Lipinski definition) is 7. The Bertz CT molecular complexity index is 925. The average Bonchev–Trinajstić information content (AvgIpc) is 3.07. The Balaban J connectivity index is 2.13. The maximum absolute atomic E-state index is 12.1. The number of ether oxygens (including phenoxy) is 1. The number of rotatable bonds is 6. The van der Waals surface area contributed by atoms with E-state index in [-0.39, 0.29) is 5.69 Å². The molecule has 0 aliphatic rings. The van der Waals surface area contributed by atoms with Crippen LogP contribution in [0.3, 0.4) is 0 Å². The number of carboxylic acid groups (broad SMARTS) is 1. The van der Waals surface area contributed by atoms with E-state index in [1.54, 1.807) is 32.9 Å². The highest BCUT2D eigenvalue weighted by atomic mass is 35.5. The SMILES string of the molecule is CC(C)(C)OC(=O)Nc1ccc(-c2nc(C(=O)NC(CO)C(=O)O)cs2)c(Cl)c1. The van der Waals surface area contributed by atoms with Gasteiger partial charge in [0.15, 0.2) is 6.04 Å². The summed E-state index contributed by atoms with van der Waals surface area (Å²) in [5.74, 6) is -2.08. The first kappa shape index (κ1) is 22.6. The molecule has 0 saturated heterocycles. The quantitative estimate of drug-likeness (QED) is 0.540. The topological polar surface area (TPSA) is 138 Å². The molecule has 9 nitrogen and oxygen atoms in total. The number of amides is 2. The van der Waals surface area contributed by atoms with Gasteiger partial charge in [-0.15, -0.1) is 11.3 Å². The normalized spacial score (nSPS) is 12.2. The highest BCUT2D eigenvalue weighted by molar-refractivity contribution is 7.13. The van der Waals surface area contributed by atoms with Crippen LogP contribution in [-0.2, 0) is 9.53 Å². The third-order valence-electron chi connectivity index (χ3n) is 3.37. The van der Waals surface area contributed by atoms with Crippen LogP contribution in [0.1, 0.15) is 31.3 Å². The number of aromatic nitrogens is 1. The molecular formula is C18H20ClN3O6S. The summed E-state index contributed by atoms with van der Waals surface area (Å²) in [6, 6.07) is 3.34. The van der Waals surface area contributed by atoms with E-state index >= 15 is 0 Å². The van der Waals surface area contributed by atoms with Gasteiger partial charge in [-0.1, -0.05) is 11.6 Å². The van der Waals surface area contributed by atoms with E-state index in [4.69, 9.17) is 26.6 Å². The Kier molecular flexibility index (Phi) is 7.17. The van der Waals surface area contributed by atoms with Crippen LogP contribution in [-0.4, -0.2) is 51.4 Å². The molecule has 0 spiro atoms. The molecule has 2 aromatic rings. The first-order valence-corrected chi connectivity index (χ1v) is 9.66. The van der Waals surface area contributed by atoms with Gasteiger partial charge in [-0.2, -0.15) is 0 Å². The molecule has 0 bridgehead atoms. The van der Waals surface area contributed by atoms with Gasteiger partial charge in [0.2, 0.25) is 0 Å². The first-order valence-electron chi connectivity index (χ1n) is 8.40. The van der Waals surface area contributed by atoms with E-state index in [9.17, 15) is 14.4 Å². The maximum Gasteiger partial charge on any atom is 0.412 e. The Morgan fingerprint density at radius 1 is 1.31 bits per heavy atom. The number of aliphatic hydroxyl groups is 1. The Morgan fingerprint density at radius 3 is 2.55 bits per heavy atom. The van der Waals surface area contributed by atoms with Crippen molar-refractivity contribution in [1.29, 1.82) is 0 Å². The Hall–Kier alpha value is -2.69. The third kappa shape index (κ3) is 6.41. The van der Waals surface area contributed by atoms with Crippen molar-refractivity contribution in [2.45, 2.75) is 32.4 Å². The van der Waals surface area contributed by atoms with Crippen LogP contribution in [0, 0.1) is 0 Å². The average molecular weight is 442 g/mol. The Labute approximate surface area is 175 Å². The van der Waals surface area contributed by atoms with Crippen molar-refractivity contribution < 1.29 is 29.3 Å². The molecule has 1 atom stereocenters. The summed E-state index contributed by atoms with van der Waals surface area (Å²) in [4.78, 5) is 39.0. The Morgan fingerprint density at radius 2 is 2.00 bits per heavy atom. The molecule has 0 radical (unpaired) electrons. The predicted molar refractivity (Wildman–Crippen MR) is 108 cm³/mol. The molecule has 1 aromatic heterocycles. The van der Waals surface area contributed by atoms with Crippen LogP contribution in [0.25, 0.3) is 10.6 Å². The van der Waals surface area contributed by atoms with E-state index in [0.29, 0.717) is 21.3 Å². The highest BCUT2D eigenvalue weighted by Gasteiger charge is 2.22. The van der Waals surface area contributed by atoms with Crippen molar-refractivity contribution in [3.05, 3.63) is 34.3 Å². The molecule has 1 heterocycles. The lowest BCUT2D eigenvalue weighted by atomic mass is 10.2. The van der Waals surface area contributed by atoms with Gasteiger partial charge in [-0.05, 0) is 39.0 Å². The van der Waals surface area contributed by atoms with E-state index < -0.39 is 36.2 Å². The molecule has 0 fully saturated rings. The first-order chi connectivity index (χ1) is 13.5. The van der Waals surface area contributed by atoms with Gasteiger partial charge in [0.05, 0.1) is 11.6 Å². The zero-order chi connectivity index (χ0) is 21.8. The number of carboxylic acids is 1. The van der Waals surface area contributed by atoms with Crippen LogP contribution in [0.5, 0.6) is 0 Å². The smallest absolute Gasteiger partial charge is 0.412 e. The molecule has 0 aliphatic heterocycles. The second kappa shape index (κ2) is 9.21. The highest BCUT2D eigenvalue weighted by Crippen LogP contribution is 2.32. The maximum atomic E-state index is 12.1. The summed E-state index contributed by atoms with van der Waals surface area (Å²) < 4.78 is 5.18.